The molecule has 2 aromatic carbocycles. The van der Waals surface area contributed by atoms with Gasteiger partial charge >= 0.3 is 5.97 Å². The van der Waals surface area contributed by atoms with Crippen LogP contribution in [0.25, 0.3) is 0 Å². The van der Waals surface area contributed by atoms with E-state index in [2.05, 4.69) is 5.32 Å². The maximum absolute atomic E-state index is 13.0. The van der Waals surface area contributed by atoms with Gasteiger partial charge in [0, 0.05) is 24.4 Å². The van der Waals surface area contributed by atoms with E-state index in [1.165, 1.54) is 43.5 Å². The molecule has 1 N–H and O–H groups in total. The van der Waals surface area contributed by atoms with E-state index in [1.54, 1.807) is 12.1 Å². The third-order valence-corrected chi connectivity index (χ3v) is 3.35. The van der Waals surface area contributed by atoms with Crippen molar-refractivity contribution in [2.24, 2.45) is 0 Å². The van der Waals surface area contributed by atoms with Crippen LogP contribution in [0.4, 0.5) is 15.8 Å². The Bertz CT molecular complexity index is 686. The van der Waals surface area contributed by atoms with Gasteiger partial charge in [-0.2, -0.15) is 0 Å². The van der Waals surface area contributed by atoms with Crippen molar-refractivity contribution in [3.05, 3.63) is 70.0 Å². The zero-order chi connectivity index (χ0) is 16.8. The topological polar surface area (TPSA) is 81.5 Å². The number of hydrogen-bond donors (Lipinski definition) is 1. The van der Waals surface area contributed by atoms with Crippen LogP contribution >= 0.6 is 0 Å². The highest BCUT2D eigenvalue weighted by molar-refractivity contribution is 5.78. The maximum Gasteiger partial charge on any atom is 0.314 e. The Morgan fingerprint density at radius 3 is 2.35 bits per heavy atom. The molecule has 1 unspecified atom stereocenters. The van der Waals surface area contributed by atoms with Crippen molar-refractivity contribution in [2.45, 2.75) is 5.92 Å². The summed E-state index contributed by atoms with van der Waals surface area (Å²) in [7, 11) is 1.28. The summed E-state index contributed by atoms with van der Waals surface area (Å²) in [6, 6.07) is 11.4. The van der Waals surface area contributed by atoms with Crippen molar-refractivity contribution in [2.75, 3.05) is 19.0 Å². The van der Waals surface area contributed by atoms with E-state index in [9.17, 15) is 19.3 Å². The van der Waals surface area contributed by atoms with Crippen molar-refractivity contribution in [1.29, 1.82) is 0 Å². The first-order valence-electron chi connectivity index (χ1n) is 6.83. The van der Waals surface area contributed by atoms with E-state index < -0.39 is 16.8 Å². The molecule has 0 saturated heterocycles. The molecular formula is C16H15FN2O4. The van der Waals surface area contributed by atoms with Crippen molar-refractivity contribution >= 4 is 17.3 Å². The number of hydrogen-bond acceptors (Lipinski definition) is 5. The minimum Gasteiger partial charge on any atom is -0.468 e. The van der Waals surface area contributed by atoms with Crippen LogP contribution < -0.4 is 5.32 Å². The number of esters is 1. The van der Waals surface area contributed by atoms with Gasteiger partial charge in [0.05, 0.1) is 18.0 Å². The van der Waals surface area contributed by atoms with Crippen molar-refractivity contribution in [1.82, 2.24) is 0 Å². The van der Waals surface area contributed by atoms with E-state index in [-0.39, 0.29) is 18.0 Å². The number of nitrogens with one attached hydrogen (secondary N) is 1. The van der Waals surface area contributed by atoms with Gasteiger partial charge in [-0.25, -0.2) is 4.39 Å². The molecule has 6 nitrogen and oxygen atoms in total. The van der Waals surface area contributed by atoms with Crippen LogP contribution in [-0.4, -0.2) is 24.5 Å². The van der Waals surface area contributed by atoms with Gasteiger partial charge in [0.25, 0.3) is 5.69 Å². The Balaban J connectivity index is 2.10. The number of non-ortho nitro benzene ring substituents is 1. The summed E-state index contributed by atoms with van der Waals surface area (Å²) in [4.78, 5) is 22.0. The van der Waals surface area contributed by atoms with Crippen molar-refractivity contribution in [3.63, 3.8) is 0 Å². The van der Waals surface area contributed by atoms with Gasteiger partial charge in [0.2, 0.25) is 0 Å². The second kappa shape index (κ2) is 7.35. The average molecular weight is 318 g/mol. The molecule has 0 heterocycles. The molecule has 0 aromatic heterocycles. The van der Waals surface area contributed by atoms with Crippen LogP contribution in [0.15, 0.2) is 48.5 Å². The summed E-state index contributed by atoms with van der Waals surface area (Å²) in [6.45, 7) is 0.218. The SMILES string of the molecule is COC(=O)C(CNc1ccc([N+](=O)[O-])cc1)c1ccc(F)cc1. The second-order valence-electron chi connectivity index (χ2n) is 4.81. The number of carbonyl (C=O) groups excluding carboxylic acids is 1. The van der Waals surface area contributed by atoms with Crippen molar-refractivity contribution in [3.8, 4) is 0 Å². The summed E-state index contributed by atoms with van der Waals surface area (Å²) in [5.41, 5.74) is 1.23. The van der Waals surface area contributed by atoms with Gasteiger partial charge in [0.1, 0.15) is 5.82 Å². The molecule has 0 aliphatic carbocycles. The quantitative estimate of drug-likeness (QED) is 0.503. The van der Waals surface area contributed by atoms with Crippen LogP contribution in [0.2, 0.25) is 0 Å². The number of anilines is 1. The zero-order valence-corrected chi connectivity index (χ0v) is 12.4. The lowest BCUT2D eigenvalue weighted by atomic mass is 9.99. The zero-order valence-electron chi connectivity index (χ0n) is 12.4. The van der Waals surface area contributed by atoms with E-state index in [4.69, 9.17) is 4.74 Å². The predicted molar refractivity (Wildman–Crippen MR) is 82.7 cm³/mol. The standard InChI is InChI=1S/C16H15FN2O4/c1-23-16(20)15(11-2-4-12(17)5-3-11)10-18-13-6-8-14(9-7-13)19(21)22/h2-9,15,18H,10H2,1H3. The van der Waals surface area contributed by atoms with E-state index in [1.807, 2.05) is 0 Å². The molecular weight excluding hydrogens is 303 g/mol. The lowest BCUT2D eigenvalue weighted by Crippen LogP contribution is -2.22. The molecule has 2 rings (SSSR count). The van der Waals surface area contributed by atoms with Crippen LogP contribution in [-0.2, 0) is 9.53 Å². The largest absolute Gasteiger partial charge is 0.468 e. The lowest BCUT2D eigenvalue weighted by molar-refractivity contribution is -0.384. The van der Waals surface area contributed by atoms with Gasteiger partial charge in [0.15, 0.2) is 0 Å². The van der Waals surface area contributed by atoms with Gasteiger partial charge in [-0.15, -0.1) is 0 Å². The first kappa shape index (κ1) is 16.4. The minimum atomic E-state index is -0.615. The monoisotopic (exact) mass is 318 g/mol. The lowest BCUT2D eigenvalue weighted by Gasteiger charge is -2.16. The molecule has 23 heavy (non-hydrogen) atoms. The summed E-state index contributed by atoms with van der Waals surface area (Å²) in [5, 5.41) is 13.6. The van der Waals surface area contributed by atoms with E-state index in [0.717, 1.165) is 0 Å². The van der Waals surface area contributed by atoms with E-state index >= 15 is 0 Å². The fourth-order valence-corrected chi connectivity index (χ4v) is 2.10. The molecule has 0 bridgehead atoms. The highest BCUT2D eigenvalue weighted by Gasteiger charge is 2.21. The highest BCUT2D eigenvalue weighted by atomic mass is 19.1. The fourth-order valence-electron chi connectivity index (χ4n) is 2.10. The van der Waals surface area contributed by atoms with Crippen molar-refractivity contribution < 1.29 is 18.8 Å². The van der Waals surface area contributed by atoms with Gasteiger partial charge in [-0.05, 0) is 29.8 Å². The summed E-state index contributed by atoms with van der Waals surface area (Å²) < 4.78 is 17.8. The van der Waals surface area contributed by atoms with Crippen LogP contribution in [0.1, 0.15) is 11.5 Å². The third kappa shape index (κ3) is 4.26. The molecule has 0 radical (unpaired) electrons. The number of methoxy groups -OCH3 is 1. The molecule has 0 amide bonds. The number of nitrogens with zero attached hydrogens (tertiary/aromatic N) is 1. The van der Waals surface area contributed by atoms with E-state index in [0.29, 0.717) is 11.3 Å². The Labute approximate surface area is 132 Å². The molecule has 1 atom stereocenters. The molecule has 0 spiro atoms. The summed E-state index contributed by atoms with van der Waals surface area (Å²) >= 11 is 0. The molecule has 2 aromatic rings. The smallest absolute Gasteiger partial charge is 0.314 e. The maximum atomic E-state index is 13.0. The number of rotatable bonds is 6. The van der Waals surface area contributed by atoms with Crippen LogP contribution in [0, 0.1) is 15.9 Å². The molecule has 7 heteroatoms. The molecule has 120 valence electrons. The number of benzene rings is 2. The van der Waals surface area contributed by atoms with Crippen LogP contribution in [0.5, 0.6) is 0 Å². The normalized spacial score (nSPS) is 11.6. The number of ether oxygens (including phenoxy) is 1. The average Bonchev–Trinajstić information content (AvgIpc) is 2.56. The number of nitro benzene ring substituents is 1. The van der Waals surface area contributed by atoms with Gasteiger partial charge < -0.3 is 10.1 Å². The number of carbonyl (C=O) groups is 1. The molecule has 0 aliphatic heterocycles. The minimum absolute atomic E-state index is 0.0152. The van der Waals surface area contributed by atoms with Gasteiger partial charge in [-0.3, -0.25) is 14.9 Å². The fraction of sp³-hybridized carbons (Fsp3) is 0.188. The highest BCUT2D eigenvalue weighted by Crippen LogP contribution is 2.21. The molecule has 0 fully saturated rings. The Morgan fingerprint density at radius 2 is 1.83 bits per heavy atom. The predicted octanol–water partition coefficient (Wildman–Crippen LogP) is 3.10. The number of halogens is 1. The number of nitro groups is 1. The third-order valence-electron chi connectivity index (χ3n) is 3.35. The molecule has 0 saturated carbocycles. The Hall–Kier alpha value is -2.96. The van der Waals surface area contributed by atoms with Gasteiger partial charge in [-0.1, -0.05) is 12.1 Å². The Kier molecular flexibility index (Phi) is 5.24. The van der Waals surface area contributed by atoms with Crippen LogP contribution in [0.3, 0.4) is 0 Å². The second-order valence-corrected chi connectivity index (χ2v) is 4.81. The summed E-state index contributed by atoms with van der Waals surface area (Å²) in [5.74, 6) is -1.46. The molecule has 0 aliphatic rings. The Morgan fingerprint density at radius 1 is 1.22 bits per heavy atom. The summed E-state index contributed by atoms with van der Waals surface area (Å²) in [6.07, 6.45) is 0. The first-order chi connectivity index (χ1) is 11.0. The first-order valence-corrected chi connectivity index (χ1v) is 6.83.